The molecule has 21 heavy (non-hydrogen) atoms. The maximum Gasteiger partial charge on any atom is 0.335 e. The van der Waals surface area contributed by atoms with Crippen LogP contribution in [0.25, 0.3) is 0 Å². The lowest BCUT2D eigenvalue weighted by molar-refractivity contribution is 0.0696. The van der Waals surface area contributed by atoms with E-state index in [1.54, 1.807) is 0 Å². The van der Waals surface area contributed by atoms with Crippen molar-refractivity contribution in [3.8, 4) is 5.75 Å². The minimum Gasteiger partial charge on any atom is -0.492 e. The van der Waals surface area contributed by atoms with E-state index in [2.05, 4.69) is 0 Å². The maximum absolute atomic E-state index is 11.6. The van der Waals surface area contributed by atoms with Crippen LogP contribution in [0.2, 0.25) is 0 Å². The Balaban J connectivity index is 2.19. The molecule has 1 fully saturated rings. The van der Waals surface area contributed by atoms with E-state index < -0.39 is 16.0 Å². The van der Waals surface area contributed by atoms with Gasteiger partial charge in [-0.1, -0.05) is 19.3 Å². The molecule has 0 aliphatic heterocycles. The van der Waals surface area contributed by atoms with Gasteiger partial charge in [0.2, 0.25) is 10.0 Å². The first-order chi connectivity index (χ1) is 9.88. The fourth-order valence-corrected chi connectivity index (χ4v) is 3.24. The molecule has 1 aromatic rings. The third-order valence-corrected chi connectivity index (χ3v) is 4.63. The second-order valence-corrected chi connectivity index (χ2v) is 6.86. The van der Waals surface area contributed by atoms with E-state index in [1.807, 2.05) is 0 Å². The number of benzene rings is 1. The van der Waals surface area contributed by atoms with Crippen LogP contribution < -0.4 is 9.88 Å². The molecule has 0 spiro atoms. The number of nitrogens with two attached hydrogens (primary N) is 1. The Labute approximate surface area is 124 Å². The van der Waals surface area contributed by atoms with Crippen LogP contribution in [0.3, 0.4) is 0 Å². The summed E-state index contributed by atoms with van der Waals surface area (Å²) in [5.74, 6) is -0.682. The Morgan fingerprint density at radius 2 is 1.95 bits per heavy atom. The van der Waals surface area contributed by atoms with Gasteiger partial charge in [-0.2, -0.15) is 0 Å². The average Bonchev–Trinajstić information content (AvgIpc) is 2.45. The van der Waals surface area contributed by atoms with Gasteiger partial charge in [0, 0.05) is 0 Å². The largest absolute Gasteiger partial charge is 0.492 e. The summed E-state index contributed by atoms with van der Waals surface area (Å²) < 4.78 is 28.8. The van der Waals surface area contributed by atoms with Crippen LogP contribution in [0.4, 0.5) is 0 Å². The van der Waals surface area contributed by atoms with Crippen molar-refractivity contribution < 1.29 is 23.1 Å². The summed E-state index contributed by atoms with van der Waals surface area (Å²) in [6.45, 7) is 0.426. The van der Waals surface area contributed by atoms with Gasteiger partial charge in [-0.3, -0.25) is 0 Å². The van der Waals surface area contributed by atoms with Crippen LogP contribution in [-0.2, 0) is 10.0 Å². The third kappa shape index (κ3) is 4.18. The van der Waals surface area contributed by atoms with Crippen molar-refractivity contribution in [2.45, 2.75) is 37.0 Å². The van der Waals surface area contributed by atoms with E-state index in [9.17, 15) is 13.2 Å². The fourth-order valence-electron chi connectivity index (χ4n) is 2.54. The zero-order valence-corrected chi connectivity index (χ0v) is 12.4. The molecular weight excluding hydrogens is 294 g/mol. The molecule has 0 bridgehead atoms. The lowest BCUT2D eigenvalue weighted by Crippen LogP contribution is -2.18. The molecule has 0 atom stereocenters. The first-order valence-corrected chi connectivity index (χ1v) is 8.45. The van der Waals surface area contributed by atoms with Crippen LogP contribution in [0.1, 0.15) is 42.5 Å². The molecule has 1 aliphatic carbocycles. The first kappa shape index (κ1) is 15.8. The van der Waals surface area contributed by atoms with E-state index in [-0.39, 0.29) is 16.2 Å². The van der Waals surface area contributed by atoms with Gasteiger partial charge in [-0.25, -0.2) is 18.4 Å². The smallest absolute Gasteiger partial charge is 0.335 e. The summed E-state index contributed by atoms with van der Waals surface area (Å²) in [7, 11) is -4.03. The predicted octanol–water partition coefficient (Wildman–Crippen LogP) is 1.99. The number of primary sulfonamides is 1. The monoisotopic (exact) mass is 313 g/mol. The number of carboxylic acid groups (broad SMARTS) is 1. The van der Waals surface area contributed by atoms with Gasteiger partial charge in [0.1, 0.15) is 10.6 Å². The van der Waals surface area contributed by atoms with Crippen molar-refractivity contribution in [2.75, 3.05) is 6.61 Å². The molecule has 1 aromatic carbocycles. The summed E-state index contributed by atoms with van der Waals surface area (Å²) >= 11 is 0. The number of rotatable bonds is 5. The predicted molar refractivity (Wildman–Crippen MR) is 76.8 cm³/mol. The van der Waals surface area contributed by atoms with Crippen LogP contribution in [-0.4, -0.2) is 26.1 Å². The summed E-state index contributed by atoms with van der Waals surface area (Å²) in [6.07, 6.45) is 5.68. The molecule has 1 aliphatic rings. The highest BCUT2D eigenvalue weighted by molar-refractivity contribution is 7.89. The molecule has 2 rings (SSSR count). The SMILES string of the molecule is NS(=O)(=O)c1cc(C(=O)O)ccc1OCC1CCCCC1. The van der Waals surface area contributed by atoms with Gasteiger partial charge in [0.15, 0.2) is 0 Å². The Morgan fingerprint density at radius 1 is 1.29 bits per heavy atom. The first-order valence-electron chi connectivity index (χ1n) is 6.91. The lowest BCUT2D eigenvalue weighted by Gasteiger charge is -2.22. The van der Waals surface area contributed by atoms with E-state index in [0.717, 1.165) is 31.7 Å². The summed E-state index contributed by atoms with van der Waals surface area (Å²) in [4.78, 5) is 10.6. The van der Waals surface area contributed by atoms with Gasteiger partial charge in [0.05, 0.1) is 12.2 Å². The summed E-state index contributed by atoms with van der Waals surface area (Å²) in [5, 5.41) is 14.1. The van der Waals surface area contributed by atoms with Gasteiger partial charge < -0.3 is 9.84 Å². The number of carboxylic acids is 1. The lowest BCUT2D eigenvalue weighted by atomic mass is 9.90. The van der Waals surface area contributed by atoms with Crippen molar-refractivity contribution >= 4 is 16.0 Å². The molecule has 0 radical (unpaired) electrons. The Bertz CT molecular complexity index is 620. The van der Waals surface area contributed by atoms with E-state index in [0.29, 0.717) is 12.5 Å². The molecule has 0 unspecified atom stereocenters. The molecule has 7 heteroatoms. The second-order valence-electron chi connectivity index (χ2n) is 5.33. The minimum absolute atomic E-state index is 0.119. The topological polar surface area (TPSA) is 107 Å². The zero-order chi connectivity index (χ0) is 15.5. The number of carbonyl (C=O) groups is 1. The Kier molecular flexibility index (Phi) is 4.84. The number of hydrogen-bond acceptors (Lipinski definition) is 4. The molecule has 0 saturated heterocycles. The number of aromatic carboxylic acids is 1. The molecule has 6 nitrogen and oxygen atoms in total. The van der Waals surface area contributed by atoms with E-state index >= 15 is 0 Å². The number of sulfonamides is 1. The van der Waals surface area contributed by atoms with Crippen molar-refractivity contribution in [2.24, 2.45) is 11.1 Å². The fraction of sp³-hybridized carbons (Fsp3) is 0.500. The van der Waals surface area contributed by atoms with Gasteiger partial charge in [0.25, 0.3) is 0 Å². The maximum atomic E-state index is 11.6. The molecule has 3 N–H and O–H groups in total. The van der Waals surface area contributed by atoms with Gasteiger partial charge >= 0.3 is 5.97 Å². The van der Waals surface area contributed by atoms with Crippen molar-refractivity contribution in [1.29, 1.82) is 0 Å². The molecule has 1 saturated carbocycles. The molecular formula is C14H19NO5S. The van der Waals surface area contributed by atoms with Crippen molar-refractivity contribution in [1.82, 2.24) is 0 Å². The number of hydrogen-bond donors (Lipinski definition) is 2. The normalized spacial score (nSPS) is 16.6. The Hall–Kier alpha value is -1.60. The van der Waals surface area contributed by atoms with Gasteiger partial charge in [-0.15, -0.1) is 0 Å². The van der Waals surface area contributed by atoms with Crippen LogP contribution in [0.15, 0.2) is 23.1 Å². The third-order valence-electron chi connectivity index (χ3n) is 3.70. The second kappa shape index (κ2) is 6.44. The molecule has 0 heterocycles. The molecule has 0 amide bonds. The number of ether oxygens (including phenoxy) is 1. The standard InChI is InChI=1S/C14H19NO5S/c15-21(18,19)13-8-11(14(16)17)6-7-12(13)20-9-10-4-2-1-3-5-10/h6-8,10H,1-5,9H2,(H,16,17)(H2,15,18,19). The highest BCUT2D eigenvalue weighted by Crippen LogP contribution is 2.28. The molecule has 116 valence electrons. The Morgan fingerprint density at radius 3 is 2.52 bits per heavy atom. The zero-order valence-electron chi connectivity index (χ0n) is 11.6. The average molecular weight is 313 g/mol. The van der Waals surface area contributed by atoms with E-state index in [1.165, 1.54) is 18.6 Å². The highest BCUT2D eigenvalue weighted by atomic mass is 32.2. The van der Waals surface area contributed by atoms with Crippen LogP contribution >= 0.6 is 0 Å². The van der Waals surface area contributed by atoms with Crippen LogP contribution in [0.5, 0.6) is 5.75 Å². The van der Waals surface area contributed by atoms with Crippen LogP contribution in [0, 0.1) is 5.92 Å². The summed E-state index contributed by atoms with van der Waals surface area (Å²) in [5.41, 5.74) is -0.135. The highest BCUT2D eigenvalue weighted by Gasteiger charge is 2.20. The van der Waals surface area contributed by atoms with Crippen molar-refractivity contribution in [3.05, 3.63) is 23.8 Å². The molecule has 0 aromatic heterocycles. The summed E-state index contributed by atoms with van der Waals surface area (Å²) in [6, 6.07) is 3.70. The van der Waals surface area contributed by atoms with Gasteiger partial charge in [-0.05, 0) is 37.0 Å². The minimum atomic E-state index is -4.03. The quantitative estimate of drug-likeness (QED) is 0.864. The van der Waals surface area contributed by atoms with E-state index in [4.69, 9.17) is 15.0 Å². The van der Waals surface area contributed by atoms with Crippen molar-refractivity contribution in [3.63, 3.8) is 0 Å².